The first-order valence-electron chi connectivity index (χ1n) is 5.03. The van der Waals surface area contributed by atoms with E-state index in [0.717, 1.165) is 12.8 Å². The quantitative estimate of drug-likeness (QED) is 0.778. The van der Waals surface area contributed by atoms with Crippen LogP contribution in [0.5, 0.6) is 0 Å². The van der Waals surface area contributed by atoms with Crippen LogP contribution in [-0.2, 0) is 11.8 Å². The predicted molar refractivity (Wildman–Crippen MR) is 55.6 cm³/mol. The number of aliphatic carboxylic acids is 1. The van der Waals surface area contributed by atoms with Crippen molar-refractivity contribution in [3.63, 3.8) is 0 Å². The molecular formula is C10H15N3O2. The number of imidazole rings is 1. The smallest absolute Gasteiger partial charge is 0.329 e. The normalized spacial score (nSPS) is 19.6. The zero-order valence-electron chi connectivity index (χ0n) is 8.90. The Balaban J connectivity index is 2.21. The van der Waals surface area contributed by atoms with Crippen LogP contribution in [0.3, 0.4) is 0 Å². The molecule has 0 aromatic carbocycles. The number of hydrogen-bond acceptors (Lipinski definition) is 3. The van der Waals surface area contributed by atoms with Gasteiger partial charge >= 0.3 is 5.97 Å². The molecule has 2 rings (SSSR count). The van der Waals surface area contributed by atoms with E-state index >= 15 is 0 Å². The summed E-state index contributed by atoms with van der Waals surface area (Å²) < 4.78 is 1.78. The lowest BCUT2D eigenvalue weighted by Gasteiger charge is -2.26. The lowest BCUT2D eigenvalue weighted by atomic mass is 9.96. The fourth-order valence-electron chi connectivity index (χ4n) is 1.71. The molecule has 0 amide bonds. The van der Waals surface area contributed by atoms with Gasteiger partial charge in [0.05, 0.1) is 0 Å². The first kappa shape index (κ1) is 10.0. The van der Waals surface area contributed by atoms with Crippen LogP contribution in [0.15, 0.2) is 12.4 Å². The van der Waals surface area contributed by atoms with E-state index in [9.17, 15) is 9.90 Å². The zero-order valence-corrected chi connectivity index (χ0v) is 8.90. The Morgan fingerprint density at radius 1 is 1.73 bits per heavy atom. The van der Waals surface area contributed by atoms with Gasteiger partial charge in [-0.2, -0.15) is 0 Å². The lowest BCUT2D eigenvalue weighted by molar-refractivity contribution is -0.142. The van der Waals surface area contributed by atoms with Crippen LogP contribution in [0.1, 0.15) is 19.8 Å². The molecule has 0 aliphatic heterocycles. The topological polar surface area (TPSA) is 67.2 Å². The van der Waals surface area contributed by atoms with E-state index in [0.29, 0.717) is 5.95 Å². The van der Waals surface area contributed by atoms with Gasteiger partial charge in [0.15, 0.2) is 0 Å². The van der Waals surface area contributed by atoms with E-state index in [2.05, 4.69) is 10.3 Å². The number of anilines is 1. The summed E-state index contributed by atoms with van der Waals surface area (Å²) in [6.45, 7) is 1.72. The van der Waals surface area contributed by atoms with Crippen molar-refractivity contribution in [2.45, 2.75) is 25.3 Å². The van der Waals surface area contributed by atoms with Gasteiger partial charge in [-0.25, -0.2) is 9.78 Å². The number of nitrogens with zero attached hydrogens (tertiary/aromatic N) is 2. The van der Waals surface area contributed by atoms with Gasteiger partial charge in [0.2, 0.25) is 5.95 Å². The standard InChI is InChI=1S/C10H15N3O2/c1-10(8(14)15,7-3-4-7)12-9-11-5-6-13(9)2/h5-7H,3-4H2,1-2H3,(H,11,12)(H,14,15). The molecule has 1 fully saturated rings. The van der Waals surface area contributed by atoms with Crippen LogP contribution in [0.2, 0.25) is 0 Å². The number of carboxylic acid groups (broad SMARTS) is 1. The second kappa shape index (κ2) is 3.25. The molecule has 82 valence electrons. The van der Waals surface area contributed by atoms with Crippen molar-refractivity contribution >= 4 is 11.9 Å². The molecule has 1 aliphatic rings. The van der Waals surface area contributed by atoms with Gasteiger partial charge in [-0.1, -0.05) is 0 Å². The maximum Gasteiger partial charge on any atom is 0.329 e. The third-order valence-electron chi connectivity index (χ3n) is 3.03. The minimum absolute atomic E-state index is 0.215. The largest absolute Gasteiger partial charge is 0.480 e. The molecule has 1 heterocycles. The molecule has 0 radical (unpaired) electrons. The van der Waals surface area contributed by atoms with Gasteiger partial charge in [-0.15, -0.1) is 0 Å². The molecule has 1 aliphatic carbocycles. The Morgan fingerprint density at radius 3 is 2.80 bits per heavy atom. The van der Waals surface area contributed by atoms with Crippen LogP contribution < -0.4 is 5.32 Å². The average Bonchev–Trinajstić information content (AvgIpc) is 2.94. The summed E-state index contributed by atoms with van der Waals surface area (Å²) in [6, 6.07) is 0. The van der Waals surface area contributed by atoms with Crippen molar-refractivity contribution in [2.75, 3.05) is 5.32 Å². The van der Waals surface area contributed by atoms with Crippen LogP contribution in [0.25, 0.3) is 0 Å². The van der Waals surface area contributed by atoms with Gasteiger partial charge < -0.3 is 15.0 Å². The Kier molecular flexibility index (Phi) is 2.17. The van der Waals surface area contributed by atoms with Crippen LogP contribution in [0, 0.1) is 5.92 Å². The van der Waals surface area contributed by atoms with Gasteiger partial charge in [0, 0.05) is 19.4 Å². The van der Waals surface area contributed by atoms with Gasteiger partial charge in [0.1, 0.15) is 5.54 Å². The highest BCUT2D eigenvalue weighted by atomic mass is 16.4. The molecular weight excluding hydrogens is 194 g/mol. The van der Waals surface area contributed by atoms with Crippen molar-refractivity contribution in [1.82, 2.24) is 9.55 Å². The maximum atomic E-state index is 11.2. The number of nitrogens with one attached hydrogen (secondary N) is 1. The molecule has 2 N–H and O–H groups in total. The van der Waals surface area contributed by atoms with Crippen LogP contribution >= 0.6 is 0 Å². The number of aryl methyl sites for hydroxylation is 1. The van der Waals surface area contributed by atoms with E-state index in [1.165, 1.54) is 0 Å². The Morgan fingerprint density at radius 2 is 2.40 bits per heavy atom. The molecule has 1 aromatic heterocycles. The van der Waals surface area contributed by atoms with Gasteiger partial charge in [0.25, 0.3) is 0 Å². The van der Waals surface area contributed by atoms with Gasteiger partial charge in [-0.3, -0.25) is 0 Å². The molecule has 5 heteroatoms. The fraction of sp³-hybridized carbons (Fsp3) is 0.600. The molecule has 0 saturated heterocycles. The summed E-state index contributed by atoms with van der Waals surface area (Å²) in [5.74, 6) is 0.00602. The monoisotopic (exact) mass is 209 g/mol. The number of carboxylic acids is 1. The second-order valence-corrected chi connectivity index (χ2v) is 4.27. The van der Waals surface area contributed by atoms with Crippen molar-refractivity contribution < 1.29 is 9.90 Å². The molecule has 1 unspecified atom stereocenters. The lowest BCUT2D eigenvalue weighted by Crippen LogP contribution is -2.46. The number of carbonyl (C=O) groups is 1. The highest BCUT2D eigenvalue weighted by Gasteiger charge is 2.48. The fourth-order valence-corrected chi connectivity index (χ4v) is 1.71. The first-order valence-corrected chi connectivity index (χ1v) is 5.03. The first-order chi connectivity index (χ1) is 7.04. The molecule has 0 bridgehead atoms. The molecule has 0 spiro atoms. The van der Waals surface area contributed by atoms with Crippen molar-refractivity contribution in [3.05, 3.63) is 12.4 Å². The summed E-state index contributed by atoms with van der Waals surface area (Å²) in [4.78, 5) is 15.3. The summed E-state index contributed by atoms with van der Waals surface area (Å²) in [5, 5.41) is 12.3. The molecule has 5 nitrogen and oxygen atoms in total. The van der Waals surface area contributed by atoms with E-state index in [4.69, 9.17) is 0 Å². The van der Waals surface area contributed by atoms with Crippen molar-refractivity contribution in [1.29, 1.82) is 0 Å². The Labute approximate surface area is 88.1 Å². The van der Waals surface area contributed by atoms with E-state index in [1.807, 2.05) is 7.05 Å². The highest BCUT2D eigenvalue weighted by molar-refractivity contribution is 5.82. The number of hydrogen-bond donors (Lipinski definition) is 2. The SMILES string of the molecule is Cn1ccnc1NC(C)(C(=O)O)C1CC1. The molecule has 1 saturated carbocycles. The van der Waals surface area contributed by atoms with Crippen molar-refractivity contribution in [2.24, 2.45) is 13.0 Å². The van der Waals surface area contributed by atoms with E-state index < -0.39 is 11.5 Å². The van der Waals surface area contributed by atoms with Gasteiger partial charge in [-0.05, 0) is 25.7 Å². The third kappa shape index (κ3) is 1.69. The average molecular weight is 209 g/mol. The number of aromatic nitrogens is 2. The van der Waals surface area contributed by atoms with Crippen molar-refractivity contribution in [3.8, 4) is 0 Å². The summed E-state index contributed by atoms with van der Waals surface area (Å²) in [5.41, 5.74) is -0.890. The summed E-state index contributed by atoms with van der Waals surface area (Å²) >= 11 is 0. The Hall–Kier alpha value is -1.52. The summed E-state index contributed by atoms with van der Waals surface area (Å²) in [6.07, 6.45) is 5.38. The number of rotatable bonds is 4. The third-order valence-corrected chi connectivity index (χ3v) is 3.03. The predicted octanol–water partition coefficient (Wildman–Crippen LogP) is 1.09. The zero-order chi connectivity index (χ0) is 11.1. The minimum atomic E-state index is -0.890. The molecule has 15 heavy (non-hydrogen) atoms. The van der Waals surface area contributed by atoms with Crippen LogP contribution in [0.4, 0.5) is 5.95 Å². The molecule has 1 atom stereocenters. The van der Waals surface area contributed by atoms with E-state index in [-0.39, 0.29) is 5.92 Å². The molecule has 1 aromatic rings. The second-order valence-electron chi connectivity index (χ2n) is 4.27. The van der Waals surface area contributed by atoms with Crippen LogP contribution in [-0.4, -0.2) is 26.2 Å². The Bertz CT molecular complexity index is 384. The maximum absolute atomic E-state index is 11.2. The minimum Gasteiger partial charge on any atom is -0.480 e. The van der Waals surface area contributed by atoms with E-state index in [1.54, 1.807) is 23.9 Å². The summed E-state index contributed by atoms with van der Waals surface area (Å²) in [7, 11) is 1.84. The highest BCUT2D eigenvalue weighted by Crippen LogP contribution is 2.41.